The van der Waals surface area contributed by atoms with Gasteiger partial charge in [-0.2, -0.15) is 0 Å². The van der Waals surface area contributed by atoms with Crippen LogP contribution >= 0.6 is 10.7 Å². The van der Waals surface area contributed by atoms with E-state index in [1.165, 1.54) is 16.8 Å². The second kappa shape index (κ2) is 5.05. The molecular formula is C12H17ClN2O4S. The molecule has 2 heterocycles. The molecule has 1 aliphatic rings. The molecule has 1 aromatic rings. The van der Waals surface area contributed by atoms with Gasteiger partial charge in [-0.05, 0) is 26.3 Å². The van der Waals surface area contributed by atoms with Crippen LogP contribution in [-0.4, -0.2) is 37.1 Å². The highest BCUT2D eigenvalue weighted by molar-refractivity contribution is 8.13. The van der Waals surface area contributed by atoms with E-state index in [1.807, 2.05) is 13.8 Å². The van der Waals surface area contributed by atoms with E-state index < -0.39 is 14.6 Å². The van der Waals surface area contributed by atoms with Crippen LogP contribution in [0.15, 0.2) is 17.2 Å². The Hall–Kier alpha value is -1.05. The lowest BCUT2D eigenvalue weighted by Gasteiger charge is -2.28. The van der Waals surface area contributed by atoms with E-state index in [9.17, 15) is 13.2 Å². The molecule has 0 aromatic carbocycles. The van der Waals surface area contributed by atoms with Crippen molar-refractivity contribution in [3.05, 3.63) is 18.0 Å². The molecule has 1 N–H and O–H groups in total. The fourth-order valence-electron chi connectivity index (χ4n) is 2.22. The number of aromatic nitrogens is 1. The van der Waals surface area contributed by atoms with E-state index in [0.29, 0.717) is 13.0 Å². The topological polar surface area (TPSA) is 77.4 Å². The maximum Gasteiger partial charge on any atom is 0.268 e. The van der Waals surface area contributed by atoms with Gasteiger partial charge in [0.15, 0.2) is 0 Å². The number of halogens is 1. The number of carbonyl (C=O) groups excluding carboxylic acids is 1. The van der Waals surface area contributed by atoms with Gasteiger partial charge in [0.25, 0.3) is 15.0 Å². The van der Waals surface area contributed by atoms with Crippen molar-refractivity contribution in [3.63, 3.8) is 0 Å². The maximum atomic E-state index is 12.3. The maximum absolute atomic E-state index is 12.3. The van der Waals surface area contributed by atoms with Gasteiger partial charge in [-0.15, -0.1) is 0 Å². The van der Waals surface area contributed by atoms with Crippen LogP contribution in [0.2, 0.25) is 0 Å². The van der Waals surface area contributed by atoms with Gasteiger partial charge >= 0.3 is 0 Å². The van der Waals surface area contributed by atoms with Gasteiger partial charge in [-0.1, -0.05) is 0 Å². The lowest BCUT2D eigenvalue weighted by Crippen LogP contribution is -2.50. The van der Waals surface area contributed by atoms with Crippen LogP contribution in [0.25, 0.3) is 0 Å². The van der Waals surface area contributed by atoms with Gasteiger partial charge in [-0.3, -0.25) is 4.79 Å². The molecule has 1 fully saturated rings. The Bertz CT molecular complexity index is 640. The van der Waals surface area contributed by atoms with E-state index in [2.05, 4.69) is 5.32 Å². The summed E-state index contributed by atoms with van der Waals surface area (Å²) in [5.41, 5.74) is -0.217. The summed E-state index contributed by atoms with van der Waals surface area (Å²) >= 11 is 0. The number of ether oxygens (including phenoxy) is 1. The van der Waals surface area contributed by atoms with Crippen molar-refractivity contribution >= 4 is 25.6 Å². The largest absolute Gasteiger partial charge is 0.376 e. The molecule has 2 rings (SSSR count). The van der Waals surface area contributed by atoms with Gasteiger partial charge in [0.2, 0.25) is 0 Å². The number of carbonyl (C=O) groups is 1. The first-order chi connectivity index (χ1) is 9.13. The minimum Gasteiger partial charge on any atom is -0.376 e. The van der Waals surface area contributed by atoms with Gasteiger partial charge in [0.05, 0.1) is 11.6 Å². The summed E-state index contributed by atoms with van der Waals surface area (Å²) in [5, 5.41) is 2.90. The third kappa shape index (κ3) is 2.84. The molecule has 1 amide bonds. The molecule has 0 bridgehead atoms. The lowest BCUT2D eigenvalue weighted by molar-refractivity contribution is 0.0722. The van der Waals surface area contributed by atoms with E-state index in [4.69, 9.17) is 15.4 Å². The lowest BCUT2D eigenvalue weighted by atomic mass is 9.94. The highest BCUT2D eigenvalue weighted by atomic mass is 35.7. The molecule has 1 aromatic heterocycles. The van der Waals surface area contributed by atoms with Crippen molar-refractivity contribution in [2.45, 2.75) is 36.8 Å². The van der Waals surface area contributed by atoms with Gasteiger partial charge < -0.3 is 14.6 Å². The summed E-state index contributed by atoms with van der Waals surface area (Å²) in [5.74, 6) is -0.348. The molecule has 8 heteroatoms. The molecule has 0 radical (unpaired) electrons. The minimum absolute atomic E-state index is 0.0901. The molecule has 0 saturated carbocycles. The van der Waals surface area contributed by atoms with Crippen LogP contribution in [0.3, 0.4) is 0 Å². The first kappa shape index (κ1) is 15.3. The van der Waals surface area contributed by atoms with Crippen molar-refractivity contribution < 1.29 is 17.9 Å². The van der Waals surface area contributed by atoms with E-state index in [-0.39, 0.29) is 22.6 Å². The van der Waals surface area contributed by atoms with Crippen LogP contribution < -0.4 is 5.32 Å². The van der Waals surface area contributed by atoms with Crippen molar-refractivity contribution in [3.8, 4) is 0 Å². The molecule has 0 aliphatic carbocycles. The number of hydrogen-bond donors (Lipinski definition) is 1. The third-order valence-corrected chi connectivity index (χ3v) is 5.10. The first-order valence-electron chi connectivity index (χ1n) is 6.18. The van der Waals surface area contributed by atoms with Crippen molar-refractivity contribution in [2.75, 3.05) is 6.61 Å². The van der Waals surface area contributed by atoms with Gasteiger partial charge in [0.1, 0.15) is 10.6 Å². The zero-order valence-corrected chi connectivity index (χ0v) is 13.1. The summed E-state index contributed by atoms with van der Waals surface area (Å²) in [6, 6.07) is 1.27. The van der Waals surface area contributed by atoms with E-state index in [1.54, 1.807) is 7.05 Å². The number of aryl methyl sites for hydroxylation is 1. The molecule has 0 spiro atoms. The van der Waals surface area contributed by atoms with Crippen molar-refractivity contribution in [2.24, 2.45) is 7.05 Å². The summed E-state index contributed by atoms with van der Waals surface area (Å²) in [4.78, 5) is 12.2. The summed E-state index contributed by atoms with van der Waals surface area (Å²) in [6.07, 6.45) is 1.93. The Morgan fingerprint density at radius 1 is 1.60 bits per heavy atom. The standard InChI is InChI=1S/C12H17ClN2O4S/c1-8-12(2,4-5-19-8)14-11(16)10-6-9(7-15(10)3)20(13,17)18/h6-8H,4-5H2,1-3H3,(H,14,16). The van der Waals surface area contributed by atoms with E-state index >= 15 is 0 Å². The zero-order valence-electron chi connectivity index (χ0n) is 11.5. The molecule has 6 nitrogen and oxygen atoms in total. The molecular weight excluding hydrogens is 304 g/mol. The number of nitrogens with one attached hydrogen (secondary N) is 1. The Balaban J connectivity index is 2.24. The summed E-state index contributed by atoms with van der Waals surface area (Å²) < 4.78 is 29.5. The fourth-order valence-corrected chi connectivity index (χ4v) is 3.01. The Morgan fingerprint density at radius 3 is 2.70 bits per heavy atom. The molecule has 112 valence electrons. The number of nitrogens with zero attached hydrogens (tertiary/aromatic N) is 1. The summed E-state index contributed by atoms with van der Waals surface area (Å²) in [7, 11) is 3.03. The fraction of sp³-hybridized carbons (Fsp3) is 0.583. The Morgan fingerprint density at radius 2 is 2.25 bits per heavy atom. The molecule has 1 saturated heterocycles. The first-order valence-corrected chi connectivity index (χ1v) is 8.49. The van der Waals surface area contributed by atoms with Crippen LogP contribution in [0.1, 0.15) is 30.8 Å². The molecule has 1 aliphatic heterocycles. The van der Waals surface area contributed by atoms with Crippen LogP contribution in [0.5, 0.6) is 0 Å². The highest BCUT2D eigenvalue weighted by Gasteiger charge is 2.38. The average Bonchev–Trinajstić information content (AvgIpc) is 2.83. The normalized spacial score (nSPS) is 26.7. The Labute approximate surface area is 122 Å². The van der Waals surface area contributed by atoms with Gasteiger partial charge in [0, 0.05) is 30.5 Å². The molecule has 20 heavy (non-hydrogen) atoms. The van der Waals surface area contributed by atoms with Gasteiger partial charge in [-0.25, -0.2) is 8.42 Å². The minimum atomic E-state index is -3.84. The predicted octanol–water partition coefficient (Wildman–Crippen LogP) is 1.25. The predicted molar refractivity (Wildman–Crippen MR) is 74.4 cm³/mol. The second-order valence-corrected chi connectivity index (χ2v) is 7.81. The van der Waals surface area contributed by atoms with Crippen LogP contribution in [0.4, 0.5) is 0 Å². The monoisotopic (exact) mass is 320 g/mol. The van der Waals surface area contributed by atoms with E-state index in [0.717, 1.165) is 0 Å². The molecule has 2 atom stereocenters. The zero-order chi connectivity index (χ0) is 15.1. The SMILES string of the molecule is CC1OCCC1(C)NC(=O)c1cc(S(=O)(=O)Cl)cn1C. The summed E-state index contributed by atoms with van der Waals surface area (Å²) in [6.45, 7) is 4.39. The third-order valence-electron chi connectivity index (χ3n) is 3.78. The van der Waals surface area contributed by atoms with Crippen LogP contribution in [-0.2, 0) is 20.8 Å². The van der Waals surface area contributed by atoms with Crippen molar-refractivity contribution in [1.82, 2.24) is 9.88 Å². The average molecular weight is 321 g/mol. The van der Waals surface area contributed by atoms with Crippen molar-refractivity contribution in [1.29, 1.82) is 0 Å². The number of hydrogen-bond acceptors (Lipinski definition) is 4. The second-order valence-electron chi connectivity index (χ2n) is 5.24. The van der Waals surface area contributed by atoms with Crippen LogP contribution in [0, 0.1) is 0 Å². The highest BCUT2D eigenvalue weighted by Crippen LogP contribution is 2.26. The number of amides is 1. The smallest absolute Gasteiger partial charge is 0.268 e. The quantitative estimate of drug-likeness (QED) is 0.850. The Kier molecular flexibility index (Phi) is 3.88. The number of rotatable bonds is 3. The molecule has 2 unspecified atom stereocenters.